The minimum Gasteiger partial charge on any atom is -0.325 e. The smallest absolute Gasteiger partial charge is 0.266 e. The number of hydrogen-bond donors (Lipinski definition) is 1. The van der Waals surface area contributed by atoms with Crippen LogP contribution in [0.15, 0.2) is 71.7 Å². The molecule has 5 nitrogen and oxygen atoms in total. The summed E-state index contributed by atoms with van der Waals surface area (Å²) in [5.41, 5.74) is 2.13. The minimum atomic E-state index is -0.363. The molecule has 146 valence electrons. The predicted molar refractivity (Wildman–Crippen MR) is 121 cm³/mol. The number of nitrogens with zero attached hydrogens (tertiary/aromatic N) is 1. The van der Waals surface area contributed by atoms with Crippen molar-refractivity contribution in [2.24, 2.45) is 0 Å². The fourth-order valence-electron chi connectivity index (χ4n) is 2.59. The Morgan fingerprint density at radius 1 is 1.10 bits per heavy atom. The van der Waals surface area contributed by atoms with Gasteiger partial charge >= 0.3 is 0 Å². The molecule has 1 aliphatic heterocycles. The molecule has 7 heteroatoms. The van der Waals surface area contributed by atoms with E-state index in [1.54, 1.807) is 36.4 Å². The van der Waals surface area contributed by atoms with E-state index in [0.717, 1.165) is 5.56 Å². The third-order valence-electron chi connectivity index (χ3n) is 4.09. The van der Waals surface area contributed by atoms with Gasteiger partial charge in [0.25, 0.3) is 5.91 Å². The third kappa shape index (κ3) is 5.49. The molecule has 0 bridgehead atoms. The third-order valence-corrected chi connectivity index (χ3v) is 5.48. The first-order valence-corrected chi connectivity index (χ1v) is 10.0. The molecule has 1 heterocycles. The van der Waals surface area contributed by atoms with Gasteiger partial charge in [0.1, 0.15) is 10.9 Å². The standard InChI is InChI=1S/C22H18N2O3S2/c1-15(25)17-10-12-18(13-11-17)23-20(26)14-24-21(27)19(29-22(24)28)9-5-8-16-6-3-2-4-7-16/h2-13H,14H2,1H3,(H,23,26). The number of thioether (sulfide) groups is 1. The molecule has 2 aromatic carbocycles. The van der Waals surface area contributed by atoms with Crippen LogP contribution in [0.2, 0.25) is 0 Å². The van der Waals surface area contributed by atoms with Gasteiger partial charge in [0, 0.05) is 11.3 Å². The number of ketones is 1. The summed E-state index contributed by atoms with van der Waals surface area (Å²) in [5, 5.41) is 2.71. The van der Waals surface area contributed by atoms with Gasteiger partial charge in [0.15, 0.2) is 5.78 Å². The number of benzene rings is 2. The Morgan fingerprint density at radius 3 is 2.45 bits per heavy atom. The van der Waals surface area contributed by atoms with Crippen molar-refractivity contribution < 1.29 is 14.4 Å². The SMILES string of the molecule is CC(=O)c1ccc(NC(=O)CN2C(=O)C(=CC=Cc3ccccc3)SC2=S)cc1. The fraction of sp³-hybridized carbons (Fsp3) is 0.0909. The Bertz CT molecular complexity index is 1010. The maximum atomic E-state index is 12.6. The highest BCUT2D eigenvalue weighted by molar-refractivity contribution is 8.26. The molecular weight excluding hydrogens is 404 g/mol. The van der Waals surface area contributed by atoms with Crippen LogP contribution < -0.4 is 5.32 Å². The number of allylic oxidation sites excluding steroid dienone is 2. The van der Waals surface area contributed by atoms with Gasteiger partial charge in [-0.2, -0.15) is 0 Å². The second-order valence-electron chi connectivity index (χ2n) is 6.24. The van der Waals surface area contributed by atoms with Crippen molar-refractivity contribution in [2.45, 2.75) is 6.92 Å². The van der Waals surface area contributed by atoms with E-state index in [0.29, 0.717) is 20.5 Å². The van der Waals surface area contributed by atoms with Crippen LogP contribution in [0.5, 0.6) is 0 Å². The molecule has 1 N–H and O–H groups in total. The van der Waals surface area contributed by atoms with Crippen LogP contribution in [0.4, 0.5) is 5.69 Å². The van der Waals surface area contributed by atoms with Crippen LogP contribution in [0, 0.1) is 0 Å². The number of rotatable bonds is 6. The van der Waals surface area contributed by atoms with Crippen molar-refractivity contribution in [1.82, 2.24) is 4.90 Å². The van der Waals surface area contributed by atoms with Crippen LogP contribution in [-0.4, -0.2) is 33.4 Å². The van der Waals surface area contributed by atoms with Gasteiger partial charge in [-0.25, -0.2) is 0 Å². The van der Waals surface area contributed by atoms with Gasteiger partial charge in [0.05, 0.1) is 4.91 Å². The zero-order chi connectivity index (χ0) is 20.8. The molecular formula is C22H18N2O3S2. The van der Waals surface area contributed by atoms with E-state index < -0.39 is 0 Å². The van der Waals surface area contributed by atoms with E-state index >= 15 is 0 Å². The first-order chi connectivity index (χ1) is 13.9. The lowest BCUT2D eigenvalue weighted by Crippen LogP contribution is -2.36. The molecule has 0 aliphatic carbocycles. The Balaban J connectivity index is 1.60. The van der Waals surface area contributed by atoms with Crippen LogP contribution in [0.1, 0.15) is 22.8 Å². The van der Waals surface area contributed by atoms with E-state index in [-0.39, 0.29) is 24.1 Å². The number of Topliss-reactive ketones (excluding diaryl/α,β-unsaturated/α-hetero) is 1. The molecule has 0 atom stereocenters. The van der Waals surface area contributed by atoms with Gasteiger partial charge < -0.3 is 5.32 Å². The van der Waals surface area contributed by atoms with Gasteiger partial charge in [0.2, 0.25) is 5.91 Å². The summed E-state index contributed by atoms with van der Waals surface area (Å²) >= 11 is 6.42. The highest BCUT2D eigenvalue weighted by Gasteiger charge is 2.33. The lowest BCUT2D eigenvalue weighted by Gasteiger charge is -2.14. The lowest BCUT2D eigenvalue weighted by molar-refractivity contribution is -0.126. The summed E-state index contributed by atoms with van der Waals surface area (Å²) in [6.07, 6.45) is 5.38. The number of hydrogen-bond acceptors (Lipinski definition) is 5. The van der Waals surface area contributed by atoms with Crippen molar-refractivity contribution >= 4 is 57.7 Å². The molecule has 1 aliphatic rings. The van der Waals surface area contributed by atoms with Gasteiger partial charge in [-0.1, -0.05) is 66.5 Å². The van der Waals surface area contributed by atoms with E-state index in [2.05, 4.69) is 5.32 Å². The van der Waals surface area contributed by atoms with Crippen LogP contribution >= 0.6 is 24.0 Å². The second-order valence-corrected chi connectivity index (χ2v) is 7.92. The van der Waals surface area contributed by atoms with Gasteiger partial charge in [-0.15, -0.1) is 0 Å². The number of nitrogens with one attached hydrogen (secondary N) is 1. The fourth-order valence-corrected chi connectivity index (χ4v) is 3.80. The average Bonchev–Trinajstić information content (AvgIpc) is 2.97. The highest BCUT2D eigenvalue weighted by atomic mass is 32.2. The van der Waals surface area contributed by atoms with Crippen molar-refractivity contribution in [3.05, 3.63) is 82.8 Å². The van der Waals surface area contributed by atoms with Gasteiger partial charge in [-0.05, 0) is 42.8 Å². The Labute approximate surface area is 178 Å². The predicted octanol–water partition coefficient (Wildman–Crippen LogP) is 4.29. The summed E-state index contributed by atoms with van der Waals surface area (Å²) in [5.74, 6) is -0.703. The first-order valence-electron chi connectivity index (χ1n) is 8.82. The maximum absolute atomic E-state index is 12.6. The number of anilines is 1. The molecule has 3 rings (SSSR count). The van der Waals surface area contributed by atoms with Crippen molar-refractivity contribution in [3.63, 3.8) is 0 Å². The normalized spacial score (nSPS) is 15.3. The van der Waals surface area contributed by atoms with Gasteiger partial charge in [-0.3, -0.25) is 19.3 Å². The van der Waals surface area contributed by atoms with E-state index in [1.165, 1.54) is 23.6 Å². The van der Waals surface area contributed by atoms with Crippen molar-refractivity contribution in [2.75, 3.05) is 11.9 Å². The molecule has 0 unspecified atom stereocenters. The van der Waals surface area contributed by atoms with E-state index in [1.807, 2.05) is 36.4 Å². The molecule has 1 fully saturated rings. The minimum absolute atomic E-state index is 0.0476. The zero-order valence-corrected chi connectivity index (χ0v) is 17.3. The number of carbonyl (C=O) groups is 3. The number of carbonyl (C=O) groups excluding carboxylic acids is 3. The number of amides is 2. The zero-order valence-electron chi connectivity index (χ0n) is 15.6. The van der Waals surface area contributed by atoms with Crippen LogP contribution in [0.25, 0.3) is 6.08 Å². The highest BCUT2D eigenvalue weighted by Crippen LogP contribution is 2.30. The first kappa shape index (κ1) is 20.7. The summed E-state index contributed by atoms with van der Waals surface area (Å²) < 4.78 is 0.344. The second kappa shape index (κ2) is 9.45. The average molecular weight is 423 g/mol. The molecule has 2 aromatic rings. The van der Waals surface area contributed by atoms with E-state index in [9.17, 15) is 14.4 Å². The Morgan fingerprint density at radius 2 is 1.79 bits per heavy atom. The van der Waals surface area contributed by atoms with Crippen molar-refractivity contribution in [3.8, 4) is 0 Å². The van der Waals surface area contributed by atoms with E-state index in [4.69, 9.17) is 12.2 Å². The molecule has 0 aromatic heterocycles. The summed E-state index contributed by atoms with van der Waals surface area (Å²) in [6, 6.07) is 16.3. The quantitative estimate of drug-likeness (QED) is 0.427. The molecule has 1 saturated heterocycles. The Kier molecular flexibility index (Phi) is 6.74. The van der Waals surface area contributed by atoms with Crippen LogP contribution in [0.3, 0.4) is 0 Å². The lowest BCUT2D eigenvalue weighted by atomic mass is 10.1. The monoisotopic (exact) mass is 422 g/mol. The van der Waals surface area contributed by atoms with Crippen molar-refractivity contribution in [1.29, 1.82) is 0 Å². The maximum Gasteiger partial charge on any atom is 0.266 e. The number of thiocarbonyl (C=S) groups is 1. The summed E-state index contributed by atoms with van der Waals surface area (Å²) in [6.45, 7) is 1.31. The van der Waals surface area contributed by atoms with Crippen LogP contribution in [-0.2, 0) is 9.59 Å². The molecule has 0 saturated carbocycles. The summed E-state index contributed by atoms with van der Waals surface area (Å²) in [4.78, 5) is 37.9. The molecule has 0 radical (unpaired) electrons. The molecule has 29 heavy (non-hydrogen) atoms. The molecule has 2 amide bonds. The summed E-state index contributed by atoms with van der Waals surface area (Å²) in [7, 11) is 0. The molecule has 0 spiro atoms. The largest absolute Gasteiger partial charge is 0.325 e. The Hall–Kier alpha value is -3.03. The topological polar surface area (TPSA) is 66.5 Å².